The summed E-state index contributed by atoms with van der Waals surface area (Å²) < 4.78 is 33.9. The second-order valence-corrected chi connectivity index (χ2v) is 10.1. The van der Waals surface area contributed by atoms with Crippen molar-refractivity contribution in [3.63, 3.8) is 0 Å². The van der Waals surface area contributed by atoms with E-state index in [0.717, 1.165) is 28.4 Å². The minimum absolute atomic E-state index is 0.0713. The molecule has 1 unspecified atom stereocenters. The summed E-state index contributed by atoms with van der Waals surface area (Å²) in [5.74, 6) is -0.0903. The molecule has 0 aromatic heterocycles. The molecule has 2 aromatic carbocycles. The molecule has 0 spiro atoms. The van der Waals surface area contributed by atoms with Gasteiger partial charge in [0.1, 0.15) is 6.10 Å². The molecular weight excluding hydrogens is 468 g/mol. The monoisotopic (exact) mass is 490 g/mol. The fraction of sp³-hybridized carbons (Fsp3) is 0.318. The molecule has 1 saturated carbocycles. The largest absolute Gasteiger partial charge is 0.370 e. The zero-order valence-electron chi connectivity index (χ0n) is 16.3. The minimum atomic E-state index is -3.46. The molecule has 1 N–H and O–H groups in total. The van der Waals surface area contributed by atoms with E-state index in [1.165, 1.54) is 6.08 Å². The van der Waals surface area contributed by atoms with Crippen molar-refractivity contribution in [2.24, 2.45) is 0 Å². The van der Waals surface area contributed by atoms with E-state index in [9.17, 15) is 13.2 Å². The van der Waals surface area contributed by atoms with Crippen LogP contribution in [0.25, 0.3) is 6.08 Å². The van der Waals surface area contributed by atoms with E-state index in [2.05, 4.69) is 20.7 Å². The van der Waals surface area contributed by atoms with Crippen LogP contribution in [0.15, 0.2) is 64.0 Å². The molecule has 1 aliphatic carbocycles. The fourth-order valence-corrected chi connectivity index (χ4v) is 4.82. The Morgan fingerprint density at radius 3 is 2.47 bits per heavy atom. The Balaban J connectivity index is 1.37. The normalized spacial score (nSPS) is 19.9. The molecule has 2 aromatic rings. The second-order valence-electron chi connectivity index (χ2n) is 7.49. The van der Waals surface area contributed by atoms with Gasteiger partial charge >= 0.3 is 0 Å². The van der Waals surface area contributed by atoms with E-state index in [1.807, 2.05) is 24.3 Å². The number of halogens is 1. The maximum absolute atomic E-state index is 12.6. The summed E-state index contributed by atoms with van der Waals surface area (Å²) in [7, 11) is -3.46. The first-order valence-corrected chi connectivity index (χ1v) is 12.1. The molecule has 1 heterocycles. The van der Waals surface area contributed by atoms with Crippen LogP contribution in [0.3, 0.4) is 0 Å². The van der Waals surface area contributed by atoms with E-state index in [1.54, 1.807) is 35.2 Å². The average molecular weight is 491 g/mol. The molecule has 0 bridgehead atoms. The number of carbonyl (C=O) groups excluding carboxylic acids is 1. The predicted molar refractivity (Wildman–Crippen MR) is 118 cm³/mol. The van der Waals surface area contributed by atoms with Gasteiger partial charge in [0.25, 0.3) is 0 Å². The molecule has 158 valence electrons. The number of benzene rings is 2. The number of morpholine rings is 1. The predicted octanol–water partition coefficient (Wildman–Crippen LogP) is 3.50. The van der Waals surface area contributed by atoms with E-state index in [4.69, 9.17) is 4.74 Å². The molecule has 1 saturated heterocycles. The van der Waals surface area contributed by atoms with Crippen LogP contribution in [0.1, 0.15) is 30.1 Å². The molecule has 30 heavy (non-hydrogen) atoms. The number of amides is 1. The van der Waals surface area contributed by atoms with Crippen LogP contribution in [-0.4, -0.2) is 45.0 Å². The first-order valence-electron chi connectivity index (χ1n) is 9.87. The number of hydrogen-bond acceptors (Lipinski definition) is 4. The van der Waals surface area contributed by atoms with Crippen LogP contribution < -0.4 is 4.72 Å². The van der Waals surface area contributed by atoms with Crippen molar-refractivity contribution in [1.82, 2.24) is 9.62 Å². The van der Waals surface area contributed by atoms with Gasteiger partial charge in [-0.05, 0) is 54.3 Å². The highest BCUT2D eigenvalue weighted by atomic mass is 79.9. The van der Waals surface area contributed by atoms with Gasteiger partial charge < -0.3 is 9.64 Å². The third kappa shape index (κ3) is 5.37. The second kappa shape index (κ2) is 9.01. The van der Waals surface area contributed by atoms with Gasteiger partial charge in [-0.15, -0.1) is 0 Å². The zero-order valence-corrected chi connectivity index (χ0v) is 18.7. The van der Waals surface area contributed by atoms with Gasteiger partial charge in [0.15, 0.2) is 0 Å². The Labute approximate surface area is 185 Å². The van der Waals surface area contributed by atoms with Crippen LogP contribution in [0.2, 0.25) is 0 Å². The minimum Gasteiger partial charge on any atom is -0.370 e. The third-order valence-corrected chi connectivity index (χ3v) is 7.19. The molecule has 8 heteroatoms. The standard InChI is InChI=1S/C22H23BrN2O4S/c23-18-6-4-17(5-7-18)21-15-25(13-14-29-21)22(26)12-3-16-1-10-20(11-2-16)30(27,28)24-19-8-9-19/h1-7,10-12,19,21,24H,8-9,13-15H2. The van der Waals surface area contributed by atoms with E-state index >= 15 is 0 Å². The van der Waals surface area contributed by atoms with Crippen molar-refractivity contribution in [1.29, 1.82) is 0 Å². The molecule has 2 fully saturated rings. The fourth-order valence-electron chi connectivity index (χ4n) is 3.25. The topological polar surface area (TPSA) is 75.7 Å². The van der Waals surface area contributed by atoms with Crippen molar-refractivity contribution in [2.75, 3.05) is 19.7 Å². The van der Waals surface area contributed by atoms with Crippen molar-refractivity contribution in [3.05, 3.63) is 70.2 Å². The molecule has 1 aliphatic heterocycles. The quantitative estimate of drug-likeness (QED) is 0.628. The molecule has 4 rings (SSSR count). The first kappa shape index (κ1) is 21.2. The molecule has 1 amide bonds. The number of rotatable bonds is 6. The summed E-state index contributed by atoms with van der Waals surface area (Å²) in [6.07, 6.45) is 4.87. The van der Waals surface area contributed by atoms with Gasteiger partial charge in [0, 0.05) is 23.1 Å². The number of ether oxygens (including phenoxy) is 1. The van der Waals surface area contributed by atoms with Crippen LogP contribution in [-0.2, 0) is 19.6 Å². The lowest BCUT2D eigenvalue weighted by Gasteiger charge is -2.32. The number of hydrogen-bond donors (Lipinski definition) is 1. The van der Waals surface area contributed by atoms with Gasteiger partial charge in [-0.25, -0.2) is 13.1 Å². The maximum Gasteiger partial charge on any atom is 0.246 e. The highest BCUT2D eigenvalue weighted by molar-refractivity contribution is 9.10. The smallest absolute Gasteiger partial charge is 0.246 e. The van der Waals surface area contributed by atoms with Crippen molar-refractivity contribution < 1.29 is 17.9 Å². The Bertz CT molecular complexity index is 1030. The van der Waals surface area contributed by atoms with E-state index in [0.29, 0.717) is 19.7 Å². The van der Waals surface area contributed by atoms with Gasteiger partial charge in [0.2, 0.25) is 15.9 Å². The summed E-state index contributed by atoms with van der Waals surface area (Å²) in [5.41, 5.74) is 1.81. The average Bonchev–Trinajstić information content (AvgIpc) is 3.56. The van der Waals surface area contributed by atoms with Crippen LogP contribution in [0.4, 0.5) is 0 Å². The summed E-state index contributed by atoms with van der Waals surface area (Å²) in [6, 6.07) is 14.5. The van der Waals surface area contributed by atoms with E-state index in [-0.39, 0.29) is 22.9 Å². The number of nitrogens with one attached hydrogen (secondary N) is 1. The Morgan fingerprint density at radius 1 is 1.10 bits per heavy atom. The summed E-state index contributed by atoms with van der Waals surface area (Å²) in [6.45, 7) is 1.52. The maximum atomic E-state index is 12.6. The van der Waals surface area contributed by atoms with Gasteiger partial charge in [-0.1, -0.05) is 40.2 Å². The highest BCUT2D eigenvalue weighted by Gasteiger charge is 2.28. The molecule has 2 aliphatic rings. The SMILES string of the molecule is O=C(C=Cc1ccc(S(=O)(=O)NC2CC2)cc1)N1CCOC(c2ccc(Br)cc2)C1. The molecular formula is C22H23BrN2O4S. The van der Waals surface area contributed by atoms with E-state index < -0.39 is 10.0 Å². The van der Waals surface area contributed by atoms with Gasteiger partial charge in [0.05, 0.1) is 18.0 Å². The van der Waals surface area contributed by atoms with Crippen LogP contribution in [0.5, 0.6) is 0 Å². The number of carbonyl (C=O) groups is 1. The Morgan fingerprint density at radius 2 is 1.80 bits per heavy atom. The lowest BCUT2D eigenvalue weighted by molar-refractivity contribution is -0.133. The molecule has 6 nitrogen and oxygen atoms in total. The van der Waals surface area contributed by atoms with Gasteiger partial charge in [-0.2, -0.15) is 0 Å². The third-order valence-electron chi connectivity index (χ3n) is 5.13. The molecule has 0 radical (unpaired) electrons. The Hall–Kier alpha value is -2.00. The van der Waals surface area contributed by atoms with Crippen LogP contribution >= 0.6 is 15.9 Å². The number of nitrogens with zero attached hydrogens (tertiary/aromatic N) is 1. The summed E-state index contributed by atoms with van der Waals surface area (Å²) in [4.78, 5) is 14.6. The van der Waals surface area contributed by atoms with Crippen LogP contribution in [0, 0.1) is 0 Å². The highest BCUT2D eigenvalue weighted by Crippen LogP contribution is 2.24. The molecule has 1 atom stereocenters. The Kier molecular flexibility index (Phi) is 6.38. The summed E-state index contributed by atoms with van der Waals surface area (Å²) in [5, 5.41) is 0. The number of sulfonamides is 1. The lowest BCUT2D eigenvalue weighted by Crippen LogP contribution is -2.41. The summed E-state index contributed by atoms with van der Waals surface area (Å²) >= 11 is 3.42. The van der Waals surface area contributed by atoms with Crippen molar-refractivity contribution in [2.45, 2.75) is 29.9 Å². The lowest BCUT2D eigenvalue weighted by atomic mass is 10.1. The zero-order chi connectivity index (χ0) is 21.1. The van der Waals surface area contributed by atoms with Gasteiger partial charge in [-0.3, -0.25) is 4.79 Å². The first-order chi connectivity index (χ1) is 14.4. The van der Waals surface area contributed by atoms with Crippen molar-refractivity contribution in [3.8, 4) is 0 Å². The van der Waals surface area contributed by atoms with Crippen molar-refractivity contribution >= 4 is 37.9 Å².